The lowest BCUT2D eigenvalue weighted by Gasteiger charge is -2.09. The Balaban J connectivity index is 2.80. The Morgan fingerprint density at radius 3 is 2.72 bits per heavy atom. The first kappa shape index (κ1) is 14.0. The number of benzene rings is 1. The second-order valence-corrected chi connectivity index (χ2v) is 4.17. The van der Waals surface area contributed by atoms with E-state index in [2.05, 4.69) is 5.32 Å². The van der Waals surface area contributed by atoms with Gasteiger partial charge in [0, 0.05) is 5.69 Å². The molecule has 1 amide bonds. The second-order valence-electron chi connectivity index (χ2n) is 3.77. The van der Waals surface area contributed by atoms with Gasteiger partial charge in [-0.3, -0.25) is 4.79 Å². The van der Waals surface area contributed by atoms with Gasteiger partial charge < -0.3 is 5.32 Å². The Kier molecular flexibility index (Phi) is 5.17. The first-order valence-electron chi connectivity index (χ1n) is 5.52. The van der Waals surface area contributed by atoms with E-state index in [-0.39, 0.29) is 10.9 Å². The molecule has 1 aromatic rings. The van der Waals surface area contributed by atoms with E-state index in [1.165, 1.54) is 12.1 Å². The minimum Gasteiger partial charge on any atom is -0.325 e. The summed E-state index contributed by atoms with van der Waals surface area (Å²) in [6.07, 6.45) is 1.28. The lowest BCUT2D eigenvalue weighted by molar-refractivity contribution is -0.118. The molecule has 18 heavy (non-hydrogen) atoms. The second kappa shape index (κ2) is 6.64. The molecule has 4 nitrogen and oxygen atoms in total. The van der Waals surface area contributed by atoms with Crippen LogP contribution in [0.25, 0.3) is 0 Å². The van der Waals surface area contributed by atoms with Gasteiger partial charge in [0.15, 0.2) is 0 Å². The van der Waals surface area contributed by atoms with Crippen molar-refractivity contribution in [2.75, 3.05) is 5.32 Å². The topological polar surface area (TPSA) is 76.7 Å². The molecular formula is C13H12ClN3O. The van der Waals surface area contributed by atoms with Crippen LogP contribution in [-0.2, 0) is 4.79 Å². The molecule has 0 spiro atoms. The highest BCUT2D eigenvalue weighted by atomic mass is 35.5. The molecule has 1 N–H and O–H groups in total. The number of nitrogens with zero attached hydrogens (tertiary/aromatic N) is 2. The molecule has 5 heteroatoms. The predicted octanol–water partition coefficient (Wildman–Crippen LogP) is 3.09. The molecule has 1 atom stereocenters. The van der Waals surface area contributed by atoms with Gasteiger partial charge in [-0.05, 0) is 24.6 Å². The molecular weight excluding hydrogens is 250 g/mol. The molecule has 0 saturated heterocycles. The maximum absolute atomic E-state index is 11.8. The van der Waals surface area contributed by atoms with E-state index in [0.717, 1.165) is 6.42 Å². The fourth-order valence-electron chi connectivity index (χ4n) is 1.46. The van der Waals surface area contributed by atoms with Crippen molar-refractivity contribution in [1.82, 2.24) is 0 Å². The lowest BCUT2D eigenvalue weighted by atomic mass is 10.0. The number of nitrogens with one attached hydrogen (secondary N) is 1. The highest BCUT2D eigenvalue weighted by Crippen LogP contribution is 2.21. The maximum atomic E-state index is 11.8. The van der Waals surface area contributed by atoms with E-state index in [4.69, 9.17) is 22.1 Å². The van der Waals surface area contributed by atoms with E-state index in [9.17, 15) is 4.79 Å². The van der Waals surface area contributed by atoms with Crippen molar-refractivity contribution in [3.63, 3.8) is 0 Å². The highest BCUT2D eigenvalue weighted by Gasteiger charge is 2.16. The van der Waals surface area contributed by atoms with Crippen molar-refractivity contribution in [1.29, 1.82) is 10.5 Å². The quantitative estimate of drug-likeness (QED) is 0.905. The summed E-state index contributed by atoms with van der Waals surface area (Å²) in [5.74, 6) is -1.01. The van der Waals surface area contributed by atoms with Crippen molar-refractivity contribution in [3.05, 3.63) is 28.8 Å². The average molecular weight is 262 g/mol. The Hall–Kier alpha value is -2.04. The maximum Gasteiger partial charge on any atom is 0.241 e. The smallest absolute Gasteiger partial charge is 0.241 e. The number of carbonyl (C=O) groups excluding carboxylic acids is 1. The summed E-state index contributed by atoms with van der Waals surface area (Å²) >= 11 is 5.85. The fourth-order valence-corrected chi connectivity index (χ4v) is 1.68. The van der Waals surface area contributed by atoms with Gasteiger partial charge in [0.1, 0.15) is 12.0 Å². The zero-order chi connectivity index (χ0) is 13.5. The summed E-state index contributed by atoms with van der Waals surface area (Å²) in [5, 5.41) is 20.5. The lowest BCUT2D eigenvalue weighted by Crippen LogP contribution is -2.21. The Labute approximate surface area is 111 Å². The van der Waals surface area contributed by atoms with E-state index in [1.807, 2.05) is 19.1 Å². The van der Waals surface area contributed by atoms with Crippen LogP contribution in [0.2, 0.25) is 5.02 Å². The van der Waals surface area contributed by atoms with Crippen molar-refractivity contribution < 1.29 is 4.79 Å². The predicted molar refractivity (Wildman–Crippen MR) is 68.8 cm³/mol. The molecule has 0 heterocycles. The summed E-state index contributed by atoms with van der Waals surface area (Å²) < 4.78 is 0. The van der Waals surface area contributed by atoms with Gasteiger partial charge in [0.05, 0.1) is 16.7 Å². The third-order valence-corrected chi connectivity index (χ3v) is 2.72. The van der Waals surface area contributed by atoms with Gasteiger partial charge in [-0.15, -0.1) is 0 Å². The van der Waals surface area contributed by atoms with E-state index in [1.54, 1.807) is 6.07 Å². The Bertz CT molecular complexity index is 528. The molecule has 1 unspecified atom stereocenters. The monoisotopic (exact) mass is 261 g/mol. The van der Waals surface area contributed by atoms with Crippen LogP contribution < -0.4 is 5.32 Å². The molecule has 0 fully saturated rings. The first-order valence-corrected chi connectivity index (χ1v) is 5.90. The SMILES string of the molecule is CCCC(C#N)C(=O)Nc1ccc(C#N)c(Cl)c1. The van der Waals surface area contributed by atoms with Crippen LogP contribution in [0.3, 0.4) is 0 Å². The van der Waals surface area contributed by atoms with E-state index in [0.29, 0.717) is 17.7 Å². The number of halogens is 1. The molecule has 0 aromatic heterocycles. The van der Waals surface area contributed by atoms with Gasteiger partial charge in [-0.25, -0.2) is 0 Å². The Morgan fingerprint density at radius 1 is 1.50 bits per heavy atom. The molecule has 0 saturated carbocycles. The molecule has 0 aliphatic carbocycles. The van der Waals surface area contributed by atoms with Gasteiger partial charge in [-0.2, -0.15) is 10.5 Å². The van der Waals surface area contributed by atoms with Crippen LogP contribution in [0.4, 0.5) is 5.69 Å². The average Bonchev–Trinajstić information content (AvgIpc) is 2.36. The van der Waals surface area contributed by atoms with Crippen molar-refractivity contribution in [3.8, 4) is 12.1 Å². The number of hydrogen-bond donors (Lipinski definition) is 1. The van der Waals surface area contributed by atoms with Crippen molar-refractivity contribution in [2.45, 2.75) is 19.8 Å². The molecule has 0 aliphatic heterocycles. The van der Waals surface area contributed by atoms with E-state index >= 15 is 0 Å². The molecule has 0 radical (unpaired) electrons. The fraction of sp³-hybridized carbons (Fsp3) is 0.308. The number of hydrogen-bond acceptors (Lipinski definition) is 3. The molecule has 0 aliphatic rings. The van der Waals surface area contributed by atoms with Crippen molar-refractivity contribution in [2.24, 2.45) is 5.92 Å². The summed E-state index contributed by atoms with van der Waals surface area (Å²) in [7, 11) is 0. The summed E-state index contributed by atoms with van der Waals surface area (Å²) in [6.45, 7) is 1.91. The summed E-state index contributed by atoms with van der Waals surface area (Å²) in [6, 6.07) is 8.51. The number of anilines is 1. The van der Waals surface area contributed by atoms with Crippen LogP contribution in [0, 0.1) is 28.6 Å². The standard InChI is InChI=1S/C13H12ClN3O/c1-2-3-10(8-16)13(18)17-11-5-4-9(7-15)12(14)6-11/h4-6,10H,2-3H2,1H3,(H,17,18). The molecule has 1 rings (SSSR count). The normalized spacial score (nSPS) is 11.1. The highest BCUT2D eigenvalue weighted by molar-refractivity contribution is 6.32. The molecule has 92 valence electrons. The minimum atomic E-state index is -0.663. The zero-order valence-electron chi connectivity index (χ0n) is 9.90. The largest absolute Gasteiger partial charge is 0.325 e. The van der Waals surface area contributed by atoms with Crippen LogP contribution >= 0.6 is 11.6 Å². The van der Waals surface area contributed by atoms with Crippen LogP contribution in [0.1, 0.15) is 25.3 Å². The zero-order valence-corrected chi connectivity index (χ0v) is 10.7. The minimum absolute atomic E-state index is 0.277. The summed E-state index contributed by atoms with van der Waals surface area (Å²) in [5.41, 5.74) is 0.834. The third-order valence-electron chi connectivity index (χ3n) is 2.41. The first-order chi connectivity index (χ1) is 8.62. The number of rotatable bonds is 4. The van der Waals surface area contributed by atoms with Crippen LogP contribution in [0.15, 0.2) is 18.2 Å². The van der Waals surface area contributed by atoms with Gasteiger partial charge in [0.2, 0.25) is 5.91 Å². The van der Waals surface area contributed by atoms with Crippen LogP contribution in [-0.4, -0.2) is 5.91 Å². The summed E-state index contributed by atoms with van der Waals surface area (Å²) in [4.78, 5) is 11.8. The van der Waals surface area contributed by atoms with Crippen LogP contribution in [0.5, 0.6) is 0 Å². The van der Waals surface area contributed by atoms with Crippen molar-refractivity contribution >= 4 is 23.2 Å². The molecule has 1 aromatic carbocycles. The van der Waals surface area contributed by atoms with E-state index < -0.39 is 5.92 Å². The molecule has 0 bridgehead atoms. The Morgan fingerprint density at radius 2 is 2.22 bits per heavy atom. The number of amides is 1. The number of nitriles is 2. The van der Waals surface area contributed by atoms with Gasteiger partial charge >= 0.3 is 0 Å². The van der Waals surface area contributed by atoms with Gasteiger partial charge in [0.25, 0.3) is 0 Å². The third kappa shape index (κ3) is 3.48. The van der Waals surface area contributed by atoms with Gasteiger partial charge in [-0.1, -0.05) is 24.9 Å². The number of carbonyl (C=O) groups is 1.